The lowest BCUT2D eigenvalue weighted by atomic mass is 9.98. The van der Waals surface area contributed by atoms with Gasteiger partial charge in [-0.25, -0.2) is 9.37 Å². The van der Waals surface area contributed by atoms with Crippen LogP contribution in [0.25, 0.3) is 27.9 Å². The van der Waals surface area contributed by atoms with E-state index in [1.54, 1.807) is 54.6 Å². The number of aromatic nitrogens is 4. The van der Waals surface area contributed by atoms with E-state index in [0.29, 0.717) is 50.6 Å². The van der Waals surface area contributed by atoms with Gasteiger partial charge >= 0.3 is 0 Å². The number of nitrogens with two attached hydrogens (primary N) is 1. The molecule has 0 atom stereocenters. The predicted octanol–water partition coefficient (Wildman–Crippen LogP) is 4.72. The highest BCUT2D eigenvalue weighted by Gasteiger charge is 2.22. The molecule has 0 unspecified atom stereocenters. The number of benzene rings is 3. The van der Waals surface area contributed by atoms with Crippen molar-refractivity contribution in [3.8, 4) is 28.1 Å². The van der Waals surface area contributed by atoms with Crippen molar-refractivity contribution in [3.63, 3.8) is 0 Å². The van der Waals surface area contributed by atoms with E-state index >= 15 is 0 Å². The maximum atomic E-state index is 13.1. The number of carbonyl (C=O) groups excluding carboxylic acids is 2. The zero-order valence-electron chi connectivity index (χ0n) is 20.7. The second-order valence-corrected chi connectivity index (χ2v) is 8.38. The number of fused-ring (bicyclic) bond motifs is 1. The molecule has 0 saturated carbocycles. The minimum atomic E-state index is -1.09. The molecule has 39 heavy (non-hydrogen) atoms. The standard InChI is InChI=1S/C28H22FN7O3/c1-16(29)27(37)33-20-11-8-17(9-12-20)24-23(25-26(30)31-15-32-36(25)35-24)18-10-13-21(22(14-18)39-2)28(38)34-19-6-4-3-5-7-19/h3-15H,1H2,2H3,(H,33,37)(H,34,38)(H2,30,31,32). The van der Waals surface area contributed by atoms with Gasteiger partial charge in [-0.2, -0.15) is 0 Å². The monoisotopic (exact) mass is 523 g/mol. The first kappa shape index (κ1) is 25.1. The second kappa shape index (κ2) is 10.4. The van der Waals surface area contributed by atoms with Crippen LogP contribution in [0.15, 0.2) is 91.5 Å². The molecule has 0 aliphatic carbocycles. The Kier molecular flexibility index (Phi) is 6.70. The Morgan fingerprint density at radius 2 is 1.67 bits per heavy atom. The molecular weight excluding hydrogens is 501 g/mol. The summed E-state index contributed by atoms with van der Waals surface area (Å²) in [5.41, 5.74) is 10.5. The second-order valence-electron chi connectivity index (χ2n) is 8.38. The van der Waals surface area contributed by atoms with Gasteiger partial charge in [0.15, 0.2) is 11.6 Å². The molecule has 11 heteroatoms. The number of nitrogens with zero attached hydrogens (tertiary/aromatic N) is 4. The van der Waals surface area contributed by atoms with Gasteiger partial charge in [0.2, 0.25) is 0 Å². The molecule has 2 heterocycles. The van der Waals surface area contributed by atoms with Crippen molar-refractivity contribution < 1.29 is 18.7 Å². The average Bonchev–Trinajstić information content (AvgIpc) is 3.34. The molecular formula is C28H22FN7O3. The van der Waals surface area contributed by atoms with Crippen molar-refractivity contribution in [1.82, 2.24) is 19.8 Å². The number of nitrogen functional groups attached to an aromatic ring is 1. The fourth-order valence-corrected chi connectivity index (χ4v) is 4.06. The van der Waals surface area contributed by atoms with Crippen LogP contribution in [-0.2, 0) is 4.79 Å². The fourth-order valence-electron chi connectivity index (χ4n) is 4.06. The van der Waals surface area contributed by atoms with Crippen molar-refractivity contribution >= 4 is 34.5 Å². The van der Waals surface area contributed by atoms with Crippen LogP contribution in [0.1, 0.15) is 10.4 Å². The number of nitrogens with one attached hydrogen (secondary N) is 2. The van der Waals surface area contributed by atoms with Crippen LogP contribution in [0.2, 0.25) is 0 Å². The molecule has 0 fully saturated rings. The third-order valence-corrected chi connectivity index (χ3v) is 5.90. The Hall–Kier alpha value is -5.58. The molecule has 0 radical (unpaired) electrons. The Balaban J connectivity index is 1.58. The molecule has 0 saturated heterocycles. The molecule has 4 N–H and O–H groups in total. The van der Waals surface area contributed by atoms with Gasteiger partial charge in [0.25, 0.3) is 11.8 Å². The quantitative estimate of drug-likeness (QED) is 0.263. The van der Waals surface area contributed by atoms with Crippen LogP contribution in [-0.4, -0.2) is 38.7 Å². The van der Waals surface area contributed by atoms with E-state index in [4.69, 9.17) is 10.5 Å². The van der Waals surface area contributed by atoms with E-state index in [-0.39, 0.29) is 11.7 Å². The normalized spacial score (nSPS) is 10.7. The molecule has 2 aromatic heterocycles. The maximum absolute atomic E-state index is 13.1. The summed E-state index contributed by atoms with van der Waals surface area (Å²) in [6.45, 7) is 2.99. The van der Waals surface area contributed by atoms with Crippen molar-refractivity contribution in [2.24, 2.45) is 0 Å². The van der Waals surface area contributed by atoms with Gasteiger partial charge in [-0.1, -0.05) is 43.0 Å². The van der Waals surface area contributed by atoms with Crippen LogP contribution < -0.4 is 21.1 Å². The van der Waals surface area contributed by atoms with Gasteiger partial charge in [0.05, 0.1) is 12.7 Å². The molecule has 3 aromatic carbocycles. The topological polar surface area (TPSA) is 137 Å². The SMILES string of the molecule is C=C(F)C(=O)Nc1ccc(-c2nn3ncnc(N)c3c2-c2ccc(C(=O)Nc3ccccc3)c(OC)c2)cc1. The van der Waals surface area contributed by atoms with Crippen molar-refractivity contribution in [1.29, 1.82) is 0 Å². The number of hydrogen-bond donors (Lipinski definition) is 3. The number of anilines is 3. The minimum absolute atomic E-state index is 0.203. The lowest BCUT2D eigenvalue weighted by Crippen LogP contribution is -2.13. The number of carbonyl (C=O) groups is 2. The number of amides is 2. The zero-order chi connectivity index (χ0) is 27.5. The molecule has 0 bridgehead atoms. The summed E-state index contributed by atoms with van der Waals surface area (Å²) in [4.78, 5) is 28.7. The largest absolute Gasteiger partial charge is 0.496 e. The van der Waals surface area contributed by atoms with Crippen molar-refractivity contribution in [3.05, 3.63) is 97.1 Å². The average molecular weight is 524 g/mol. The molecule has 10 nitrogen and oxygen atoms in total. The maximum Gasteiger partial charge on any atom is 0.283 e. The summed E-state index contributed by atoms with van der Waals surface area (Å²) in [6.07, 6.45) is 1.29. The molecule has 2 amide bonds. The van der Waals surface area contributed by atoms with Crippen molar-refractivity contribution in [2.75, 3.05) is 23.5 Å². The van der Waals surface area contributed by atoms with Crippen molar-refractivity contribution in [2.45, 2.75) is 0 Å². The van der Waals surface area contributed by atoms with Gasteiger partial charge < -0.3 is 21.1 Å². The Labute approximate surface area is 221 Å². The summed E-state index contributed by atoms with van der Waals surface area (Å²) in [5, 5.41) is 14.1. The first-order chi connectivity index (χ1) is 18.9. The zero-order valence-corrected chi connectivity index (χ0v) is 20.7. The van der Waals surface area contributed by atoms with Crippen LogP contribution in [0.4, 0.5) is 21.6 Å². The number of methoxy groups -OCH3 is 1. The third-order valence-electron chi connectivity index (χ3n) is 5.90. The molecule has 5 rings (SSSR count). The lowest BCUT2D eigenvalue weighted by Gasteiger charge is -2.12. The minimum Gasteiger partial charge on any atom is -0.496 e. The highest BCUT2D eigenvalue weighted by molar-refractivity contribution is 6.07. The van der Waals surface area contributed by atoms with Gasteiger partial charge in [-0.05, 0) is 42.0 Å². The summed E-state index contributed by atoms with van der Waals surface area (Å²) in [5.74, 6) is -1.81. The van der Waals surface area contributed by atoms with Crippen LogP contribution in [0, 0.1) is 0 Å². The molecule has 5 aromatic rings. The van der Waals surface area contributed by atoms with Crippen LogP contribution in [0.5, 0.6) is 5.75 Å². The fraction of sp³-hybridized carbons (Fsp3) is 0.0357. The van der Waals surface area contributed by atoms with E-state index in [1.807, 2.05) is 18.2 Å². The number of halogens is 1. The highest BCUT2D eigenvalue weighted by Crippen LogP contribution is 2.39. The first-order valence-corrected chi connectivity index (χ1v) is 11.7. The van der Waals surface area contributed by atoms with E-state index in [0.717, 1.165) is 0 Å². The summed E-state index contributed by atoms with van der Waals surface area (Å²) in [7, 11) is 1.48. The number of ether oxygens (including phenoxy) is 1. The van der Waals surface area contributed by atoms with E-state index in [9.17, 15) is 14.0 Å². The molecule has 0 aliphatic rings. The van der Waals surface area contributed by atoms with E-state index < -0.39 is 11.7 Å². The van der Waals surface area contributed by atoms with Crippen LogP contribution in [0.3, 0.4) is 0 Å². The van der Waals surface area contributed by atoms with Gasteiger partial charge in [0.1, 0.15) is 23.3 Å². The summed E-state index contributed by atoms with van der Waals surface area (Å²) >= 11 is 0. The van der Waals surface area contributed by atoms with E-state index in [2.05, 4.69) is 32.4 Å². The summed E-state index contributed by atoms with van der Waals surface area (Å²) in [6, 6.07) is 20.9. The predicted molar refractivity (Wildman–Crippen MR) is 146 cm³/mol. The van der Waals surface area contributed by atoms with Crippen LogP contribution >= 0.6 is 0 Å². The molecule has 0 spiro atoms. The number of hydrogen-bond acceptors (Lipinski definition) is 7. The lowest BCUT2D eigenvalue weighted by molar-refractivity contribution is -0.114. The molecule has 0 aliphatic heterocycles. The van der Waals surface area contributed by atoms with Gasteiger partial charge in [0, 0.05) is 22.5 Å². The molecule has 194 valence electrons. The Morgan fingerprint density at radius 3 is 2.36 bits per heavy atom. The third kappa shape index (κ3) is 5.01. The number of para-hydroxylation sites is 1. The highest BCUT2D eigenvalue weighted by atomic mass is 19.1. The van der Waals surface area contributed by atoms with Gasteiger partial charge in [-0.3, -0.25) is 9.59 Å². The Bertz CT molecular complexity index is 1720. The van der Waals surface area contributed by atoms with E-state index in [1.165, 1.54) is 18.1 Å². The summed E-state index contributed by atoms with van der Waals surface area (Å²) < 4.78 is 20.0. The number of rotatable bonds is 7. The first-order valence-electron chi connectivity index (χ1n) is 11.7. The smallest absolute Gasteiger partial charge is 0.283 e. The van der Waals surface area contributed by atoms with Gasteiger partial charge in [-0.15, -0.1) is 14.8 Å². The Morgan fingerprint density at radius 1 is 0.974 bits per heavy atom.